The van der Waals surface area contributed by atoms with Crippen molar-refractivity contribution in [2.45, 2.75) is 20.4 Å². The second-order valence-corrected chi connectivity index (χ2v) is 4.44. The molecular weight excluding hydrogens is 263 g/mol. The van der Waals surface area contributed by atoms with Crippen molar-refractivity contribution in [3.8, 4) is 5.75 Å². The first-order chi connectivity index (χ1) is 9.45. The van der Waals surface area contributed by atoms with Crippen LogP contribution in [0.5, 0.6) is 5.75 Å². The molecular formula is C14H15FN2O3. The molecule has 0 unspecified atom stereocenters. The van der Waals surface area contributed by atoms with E-state index in [-0.39, 0.29) is 17.9 Å². The number of aryl methyl sites for hydroxylation is 1. The average Bonchev–Trinajstić information content (AvgIpc) is 2.67. The van der Waals surface area contributed by atoms with Crippen LogP contribution in [0.1, 0.15) is 27.3 Å². The second kappa shape index (κ2) is 5.32. The van der Waals surface area contributed by atoms with E-state index in [1.165, 1.54) is 17.9 Å². The maximum absolute atomic E-state index is 14.1. The lowest BCUT2D eigenvalue weighted by Gasteiger charge is -2.09. The first-order valence-corrected chi connectivity index (χ1v) is 6.04. The van der Waals surface area contributed by atoms with Gasteiger partial charge in [0, 0.05) is 5.56 Å². The number of methoxy groups -OCH3 is 1. The van der Waals surface area contributed by atoms with Crippen molar-refractivity contribution in [3.63, 3.8) is 0 Å². The standard InChI is InChI=1S/C14H15FN2O3/c1-8-12(14(18)19)9(2)17(16-8)7-10-5-4-6-11(20-3)13(10)15/h4-6H,7H2,1-3H3,(H,18,19). The number of carbonyl (C=O) groups is 1. The van der Waals surface area contributed by atoms with Crippen molar-refractivity contribution in [3.05, 3.63) is 46.5 Å². The zero-order valence-corrected chi connectivity index (χ0v) is 11.5. The van der Waals surface area contributed by atoms with Crippen LogP contribution in [0.25, 0.3) is 0 Å². The summed E-state index contributed by atoms with van der Waals surface area (Å²) in [4.78, 5) is 11.1. The van der Waals surface area contributed by atoms with Gasteiger partial charge in [-0.15, -0.1) is 0 Å². The highest BCUT2D eigenvalue weighted by molar-refractivity contribution is 5.90. The summed E-state index contributed by atoms with van der Waals surface area (Å²) in [5.41, 5.74) is 1.47. The van der Waals surface area contributed by atoms with Gasteiger partial charge in [0.15, 0.2) is 11.6 Å². The minimum absolute atomic E-state index is 0.155. The smallest absolute Gasteiger partial charge is 0.339 e. The molecule has 0 bridgehead atoms. The third-order valence-corrected chi connectivity index (χ3v) is 3.18. The SMILES string of the molecule is COc1cccc(Cn2nc(C)c(C(=O)O)c2C)c1F. The van der Waals surface area contributed by atoms with Gasteiger partial charge in [-0.05, 0) is 19.9 Å². The second-order valence-electron chi connectivity index (χ2n) is 4.44. The van der Waals surface area contributed by atoms with Crippen LogP contribution in [-0.2, 0) is 6.54 Å². The number of aromatic carboxylic acids is 1. The highest BCUT2D eigenvalue weighted by atomic mass is 19.1. The monoisotopic (exact) mass is 278 g/mol. The molecule has 0 fully saturated rings. The van der Waals surface area contributed by atoms with Crippen LogP contribution in [0.15, 0.2) is 18.2 Å². The fourth-order valence-corrected chi connectivity index (χ4v) is 2.16. The zero-order chi connectivity index (χ0) is 14.9. The summed E-state index contributed by atoms with van der Waals surface area (Å²) in [5.74, 6) is -1.33. The van der Waals surface area contributed by atoms with E-state index < -0.39 is 11.8 Å². The summed E-state index contributed by atoms with van der Waals surface area (Å²) in [6, 6.07) is 4.83. The number of halogens is 1. The molecule has 2 rings (SSSR count). The van der Waals surface area contributed by atoms with Crippen molar-refractivity contribution in [2.75, 3.05) is 7.11 Å². The minimum Gasteiger partial charge on any atom is -0.494 e. The molecule has 2 aromatic rings. The molecule has 0 saturated carbocycles. The number of hydrogen-bond donors (Lipinski definition) is 1. The summed E-state index contributed by atoms with van der Waals surface area (Å²) in [7, 11) is 1.40. The lowest BCUT2D eigenvalue weighted by Crippen LogP contribution is -2.07. The van der Waals surface area contributed by atoms with Gasteiger partial charge in [-0.3, -0.25) is 4.68 Å². The Bertz CT molecular complexity index is 665. The first-order valence-electron chi connectivity index (χ1n) is 6.04. The topological polar surface area (TPSA) is 64.4 Å². The third-order valence-electron chi connectivity index (χ3n) is 3.18. The molecule has 20 heavy (non-hydrogen) atoms. The van der Waals surface area contributed by atoms with E-state index in [1.807, 2.05) is 0 Å². The molecule has 6 heteroatoms. The number of carboxylic acid groups (broad SMARTS) is 1. The summed E-state index contributed by atoms with van der Waals surface area (Å²) in [6.45, 7) is 3.43. The maximum Gasteiger partial charge on any atom is 0.339 e. The predicted octanol–water partition coefficient (Wildman–Crippen LogP) is 2.39. The van der Waals surface area contributed by atoms with Crippen molar-refractivity contribution in [1.29, 1.82) is 0 Å². The van der Waals surface area contributed by atoms with E-state index in [4.69, 9.17) is 9.84 Å². The Kier molecular flexibility index (Phi) is 3.74. The molecule has 1 heterocycles. The van der Waals surface area contributed by atoms with Crippen LogP contribution < -0.4 is 4.74 Å². The molecule has 1 N–H and O–H groups in total. The lowest BCUT2D eigenvalue weighted by atomic mass is 10.2. The summed E-state index contributed by atoms with van der Waals surface area (Å²) >= 11 is 0. The average molecular weight is 278 g/mol. The Morgan fingerprint density at radius 1 is 1.45 bits per heavy atom. The molecule has 0 aliphatic heterocycles. The van der Waals surface area contributed by atoms with Gasteiger partial charge >= 0.3 is 5.97 Å². The van der Waals surface area contributed by atoms with E-state index in [9.17, 15) is 9.18 Å². The molecule has 0 spiro atoms. The summed E-state index contributed by atoms with van der Waals surface area (Å²) < 4.78 is 20.5. The minimum atomic E-state index is -1.03. The van der Waals surface area contributed by atoms with Gasteiger partial charge in [0.25, 0.3) is 0 Å². The Hall–Kier alpha value is -2.37. The van der Waals surface area contributed by atoms with Crippen molar-refractivity contribution < 1.29 is 19.0 Å². The third kappa shape index (κ3) is 2.36. The zero-order valence-electron chi connectivity index (χ0n) is 11.5. The van der Waals surface area contributed by atoms with Crippen molar-refractivity contribution in [1.82, 2.24) is 9.78 Å². The molecule has 0 saturated heterocycles. The van der Waals surface area contributed by atoms with Crippen LogP contribution in [-0.4, -0.2) is 28.0 Å². The van der Waals surface area contributed by atoms with Gasteiger partial charge in [-0.2, -0.15) is 5.10 Å². The number of ether oxygens (including phenoxy) is 1. The number of hydrogen-bond acceptors (Lipinski definition) is 3. The highest BCUT2D eigenvalue weighted by Gasteiger charge is 2.18. The summed E-state index contributed by atoms with van der Waals surface area (Å²) in [5, 5.41) is 13.3. The molecule has 1 aromatic carbocycles. The van der Waals surface area contributed by atoms with Gasteiger partial charge < -0.3 is 9.84 Å². The van der Waals surface area contributed by atoms with Crippen molar-refractivity contribution >= 4 is 5.97 Å². The largest absolute Gasteiger partial charge is 0.494 e. The maximum atomic E-state index is 14.1. The predicted molar refractivity (Wildman–Crippen MR) is 70.7 cm³/mol. The molecule has 0 amide bonds. The van der Waals surface area contributed by atoms with Gasteiger partial charge in [0.05, 0.1) is 25.0 Å². The van der Waals surface area contributed by atoms with Gasteiger partial charge in [-0.25, -0.2) is 9.18 Å². The first kappa shape index (κ1) is 14.0. The molecule has 106 valence electrons. The Balaban J connectivity index is 2.41. The number of aromatic nitrogens is 2. The number of nitrogens with zero attached hydrogens (tertiary/aromatic N) is 2. The summed E-state index contributed by atoms with van der Waals surface area (Å²) in [6.07, 6.45) is 0. The normalized spacial score (nSPS) is 10.6. The van der Waals surface area contributed by atoms with Crippen LogP contribution in [0.4, 0.5) is 4.39 Å². The van der Waals surface area contributed by atoms with Crippen LogP contribution in [0.3, 0.4) is 0 Å². The number of carboxylic acids is 1. The van der Waals surface area contributed by atoms with Gasteiger partial charge in [0.1, 0.15) is 5.56 Å². The van der Waals surface area contributed by atoms with E-state index in [0.29, 0.717) is 17.0 Å². The fraction of sp³-hybridized carbons (Fsp3) is 0.286. The highest BCUT2D eigenvalue weighted by Crippen LogP contribution is 2.22. The molecule has 0 atom stereocenters. The molecule has 1 aromatic heterocycles. The van der Waals surface area contributed by atoms with Crippen LogP contribution >= 0.6 is 0 Å². The fourth-order valence-electron chi connectivity index (χ4n) is 2.16. The molecule has 5 nitrogen and oxygen atoms in total. The lowest BCUT2D eigenvalue weighted by molar-refractivity contribution is 0.0695. The van der Waals surface area contributed by atoms with Crippen molar-refractivity contribution in [2.24, 2.45) is 0 Å². The number of benzene rings is 1. The van der Waals surface area contributed by atoms with E-state index in [0.717, 1.165) is 0 Å². The van der Waals surface area contributed by atoms with E-state index in [2.05, 4.69) is 5.10 Å². The Morgan fingerprint density at radius 3 is 2.70 bits per heavy atom. The molecule has 0 aliphatic rings. The quantitative estimate of drug-likeness (QED) is 0.932. The number of rotatable bonds is 4. The van der Waals surface area contributed by atoms with Crippen LogP contribution in [0, 0.1) is 19.7 Å². The van der Waals surface area contributed by atoms with E-state index in [1.54, 1.807) is 26.0 Å². The molecule has 0 aliphatic carbocycles. The van der Waals surface area contributed by atoms with Gasteiger partial charge in [-0.1, -0.05) is 12.1 Å². The van der Waals surface area contributed by atoms with Gasteiger partial charge in [0.2, 0.25) is 0 Å². The Morgan fingerprint density at radius 2 is 2.15 bits per heavy atom. The molecule has 0 radical (unpaired) electrons. The Labute approximate surface area is 115 Å². The van der Waals surface area contributed by atoms with E-state index >= 15 is 0 Å². The van der Waals surface area contributed by atoms with Crippen LogP contribution in [0.2, 0.25) is 0 Å².